The van der Waals surface area contributed by atoms with E-state index >= 15 is 0 Å². The molecule has 1 saturated heterocycles. The van der Waals surface area contributed by atoms with E-state index in [0.29, 0.717) is 24.4 Å². The lowest BCUT2D eigenvalue weighted by Gasteiger charge is -2.26. The minimum absolute atomic E-state index is 0.371. The van der Waals surface area contributed by atoms with Gasteiger partial charge in [-0.2, -0.15) is 0 Å². The van der Waals surface area contributed by atoms with Gasteiger partial charge in [-0.1, -0.05) is 0 Å². The zero-order valence-corrected chi connectivity index (χ0v) is 10.8. The van der Waals surface area contributed by atoms with Crippen molar-refractivity contribution in [3.63, 3.8) is 0 Å². The standard InChI is InChI=1S/C14H14N2O4/c17-13-4-2-10-1-3-11(9-12(10)20-13)19-14(18)16-7-5-15-6-8-16/h1-4,9,15H,5-8H2. The highest BCUT2D eigenvalue weighted by Gasteiger charge is 2.18. The second kappa shape index (κ2) is 5.34. The molecule has 0 spiro atoms. The summed E-state index contributed by atoms with van der Waals surface area (Å²) in [4.78, 5) is 24.8. The van der Waals surface area contributed by atoms with E-state index in [1.807, 2.05) is 0 Å². The molecule has 6 heteroatoms. The van der Waals surface area contributed by atoms with Crippen molar-refractivity contribution >= 4 is 17.1 Å². The van der Waals surface area contributed by atoms with Crippen LogP contribution in [-0.4, -0.2) is 37.2 Å². The summed E-state index contributed by atoms with van der Waals surface area (Å²) in [6.45, 7) is 2.78. The SMILES string of the molecule is O=C(Oc1ccc2ccc(=O)oc2c1)N1CCNCC1. The first-order chi connectivity index (χ1) is 9.72. The van der Waals surface area contributed by atoms with E-state index in [1.54, 1.807) is 29.2 Å². The predicted octanol–water partition coefficient (Wildman–Crippen LogP) is 1.20. The number of amides is 1. The molecule has 0 bridgehead atoms. The van der Waals surface area contributed by atoms with Crippen LogP contribution in [0.3, 0.4) is 0 Å². The third-order valence-electron chi connectivity index (χ3n) is 3.17. The summed E-state index contributed by atoms with van der Waals surface area (Å²) in [5, 5.41) is 3.95. The maximum atomic E-state index is 12.0. The number of piperazine rings is 1. The number of rotatable bonds is 1. The number of carbonyl (C=O) groups is 1. The molecule has 1 aliphatic heterocycles. The van der Waals surface area contributed by atoms with Gasteiger partial charge in [0.15, 0.2) is 0 Å². The monoisotopic (exact) mass is 274 g/mol. The molecule has 0 saturated carbocycles. The molecule has 0 unspecified atom stereocenters. The highest BCUT2D eigenvalue weighted by atomic mass is 16.6. The van der Waals surface area contributed by atoms with Gasteiger partial charge in [0.1, 0.15) is 11.3 Å². The van der Waals surface area contributed by atoms with Gasteiger partial charge < -0.3 is 19.4 Å². The number of ether oxygens (including phenoxy) is 1. The Hall–Kier alpha value is -2.34. The Morgan fingerprint density at radius 3 is 2.75 bits per heavy atom. The molecule has 0 radical (unpaired) electrons. The second-order valence-electron chi connectivity index (χ2n) is 4.56. The van der Waals surface area contributed by atoms with Crippen molar-refractivity contribution in [2.45, 2.75) is 0 Å². The zero-order chi connectivity index (χ0) is 13.9. The summed E-state index contributed by atoms with van der Waals surface area (Å²) in [5.41, 5.74) is -0.0220. The Labute approximate surface area is 114 Å². The van der Waals surface area contributed by atoms with Crippen LogP contribution in [0.1, 0.15) is 0 Å². The number of hydrogen-bond acceptors (Lipinski definition) is 5. The van der Waals surface area contributed by atoms with Gasteiger partial charge in [-0.15, -0.1) is 0 Å². The molecule has 20 heavy (non-hydrogen) atoms. The van der Waals surface area contributed by atoms with Crippen molar-refractivity contribution in [2.75, 3.05) is 26.2 Å². The van der Waals surface area contributed by atoms with Gasteiger partial charge in [-0.05, 0) is 18.2 Å². The Bertz CT molecular complexity index is 689. The van der Waals surface area contributed by atoms with Gasteiger partial charge in [0.05, 0.1) is 0 Å². The first kappa shape index (κ1) is 12.7. The van der Waals surface area contributed by atoms with E-state index in [2.05, 4.69) is 5.32 Å². The lowest BCUT2D eigenvalue weighted by atomic mass is 10.2. The number of fused-ring (bicyclic) bond motifs is 1. The van der Waals surface area contributed by atoms with Gasteiger partial charge in [0.25, 0.3) is 0 Å². The van der Waals surface area contributed by atoms with E-state index in [9.17, 15) is 9.59 Å². The molecule has 1 N–H and O–H groups in total. The maximum absolute atomic E-state index is 12.0. The van der Waals surface area contributed by atoms with Gasteiger partial charge in [-0.25, -0.2) is 9.59 Å². The fourth-order valence-electron chi connectivity index (χ4n) is 2.12. The minimum atomic E-state index is -0.428. The average molecular weight is 274 g/mol. The first-order valence-corrected chi connectivity index (χ1v) is 6.44. The van der Waals surface area contributed by atoms with Crippen molar-refractivity contribution < 1.29 is 13.9 Å². The molecule has 3 rings (SSSR count). The largest absolute Gasteiger partial charge is 0.423 e. The van der Waals surface area contributed by atoms with E-state index in [4.69, 9.17) is 9.15 Å². The van der Waals surface area contributed by atoms with Crippen molar-refractivity contribution in [3.8, 4) is 5.75 Å². The summed E-state index contributed by atoms with van der Waals surface area (Å²) >= 11 is 0. The topological polar surface area (TPSA) is 71.8 Å². The summed E-state index contributed by atoms with van der Waals surface area (Å²) < 4.78 is 10.4. The summed E-state index contributed by atoms with van der Waals surface area (Å²) in [7, 11) is 0. The van der Waals surface area contributed by atoms with Crippen LogP contribution in [0.4, 0.5) is 4.79 Å². The third kappa shape index (κ3) is 2.65. The maximum Gasteiger partial charge on any atom is 0.415 e. The summed E-state index contributed by atoms with van der Waals surface area (Å²) in [6.07, 6.45) is -0.385. The van der Waals surface area contributed by atoms with E-state index in [1.165, 1.54) is 6.07 Å². The molecule has 6 nitrogen and oxygen atoms in total. The van der Waals surface area contributed by atoms with Crippen molar-refractivity contribution in [2.24, 2.45) is 0 Å². The minimum Gasteiger partial charge on any atom is -0.423 e. The molecule has 1 amide bonds. The summed E-state index contributed by atoms with van der Waals surface area (Å²) in [6, 6.07) is 8.01. The Kier molecular flexibility index (Phi) is 3.39. The molecule has 2 heterocycles. The Morgan fingerprint density at radius 1 is 1.20 bits per heavy atom. The fraction of sp³-hybridized carbons (Fsp3) is 0.286. The van der Waals surface area contributed by atoms with Gasteiger partial charge in [-0.3, -0.25) is 0 Å². The van der Waals surface area contributed by atoms with Crippen molar-refractivity contribution in [1.29, 1.82) is 0 Å². The van der Waals surface area contributed by atoms with Crippen LogP contribution in [0.5, 0.6) is 5.75 Å². The molecule has 104 valence electrons. The molecule has 0 aliphatic carbocycles. The third-order valence-corrected chi connectivity index (χ3v) is 3.17. The van der Waals surface area contributed by atoms with Crippen molar-refractivity contribution in [1.82, 2.24) is 10.2 Å². The van der Waals surface area contributed by atoms with Crippen LogP contribution in [-0.2, 0) is 0 Å². The molecule has 0 atom stereocenters. The molecular formula is C14H14N2O4. The Balaban J connectivity index is 1.79. The molecule has 1 aliphatic rings. The van der Waals surface area contributed by atoms with Crippen LogP contribution in [0.2, 0.25) is 0 Å². The average Bonchev–Trinajstić information content (AvgIpc) is 2.47. The molecule has 1 aromatic heterocycles. The fourth-order valence-corrected chi connectivity index (χ4v) is 2.12. The normalized spacial score (nSPS) is 15.3. The summed E-state index contributed by atoms with van der Waals surface area (Å²) in [5.74, 6) is 0.371. The molecule has 1 aromatic carbocycles. The first-order valence-electron chi connectivity index (χ1n) is 6.44. The second-order valence-corrected chi connectivity index (χ2v) is 4.56. The van der Waals surface area contributed by atoms with Crippen LogP contribution in [0, 0.1) is 0 Å². The number of nitrogens with zero attached hydrogens (tertiary/aromatic N) is 1. The predicted molar refractivity (Wildman–Crippen MR) is 73.0 cm³/mol. The number of nitrogens with one attached hydrogen (secondary N) is 1. The van der Waals surface area contributed by atoms with Crippen LogP contribution in [0.15, 0.2) is 39.5 Å². The van der Waals surface area contributed by atoms with E-state index in [0.717, 1.165) is 18.5 Å². The lowest BCUT2D eigenvalue weighted by Crippen LogP contribution is -2.47. The van der Waals surface area contributed by atoms with Crippen molar-refractivity contribution in [3.05, 3.63) is 40.8 Å². The lowest BCUT2D eigenvalue weighted by molar-refractivity contribution is 0.146. The zero-order valence-electron chi connectivity index (χ0n) is 10.8. The van der Waals surface area contributed by atoms with E-state index in [-0.39, 0.29) is 6.09 Å². The van der Waals surface area contributed by atoms with E-state index < -0.39 is 5.63 Å². The van der Waals surface area contributed by atoms with Crippen LogP contribution < -0.4 is 15.7 Å². The number of hydrogen-bond donors (Lipinski definition) is 1. The molecule has 1 fully saturated rings. The van der Waals surface area contributed by atoms with Gasteiger partial charge >= 0.3 is 11.7 Å². The smallest absolute Gasteiger partial charge is 0.415 e. The van der Waals surface area contributed by atoms with Gasteiger partial charge in [0.2, 0.25) is 0 Å². The quantitative estimate of drug-likeness (QED) is 0.791. The van der Waals surface area contributed by atoms with Crippen LogP contribution >= 0.6 is 0 Å². The number of benzene rings is 1. The van der Waals surface area contributed by atoms with Crippen LogP contribution in [0.25, 0.3) is 11.0 Å². The number of carbonyl (C=O) groups excluding carboxylic acids is 1. The van der Waals surface area contributed by atoms with Gasteiger partial charge in [0, 0.05) is 43.7 Å². The Morgan fingerprint density at radius 2 is 1.95 bits per heavy atom. The molecule has 2 aromatic rings. The highest BCUT2D eigenvalue weighted by Crippen LogP contribution is 2.20. The highest BCUT2D eigenvalue weighted by molar-refractivity contribution is 5.79. The molecular weight excluding hydrogens is 260 g/mol.